The Morgan fingerprint density at radius 2 is 2.29 bits per heavy atom. The lowest BCUT2D eigenvalue weighted by atomic mass is 10.1. The number of nitrogens with one attached hydrogen (secondary N) is 3. The van der Waals surface area contributed by atoms with Crippen molar-refractivity contribution < 1.29 is 9.72 Å². The lowest BCUT2D eigenvalue weighted by Gasteiger charge is -2.08. The number of carbonyl (C=O) groups excluding carboxylic acids is 1. The van der Waals surface area contributed by atoms with Crippen molar-refractivity contribution in [3.05, 3.63) is 46.0 Å². The zero-order valence-electron chi connectivity index (χ0n) is 11.3. The van der Waals surface area contributed by atoms with Crippen molar-refractivity contribution in [1.82, 2.24) is 20.5 Å². The third-order valence-corrected chi connectivity index (χ3v) is 2.84. The van der Waals surface area contributed by atoms with Crippen molar-refractivity contribution in [3.63, 3.8) is 0 Å². The van der Waals surface area contributed by atoms with Crippen LogP contribution in [0.1, 0.15) is 16.2 Å². The Morgan fingerprint density at radius 3 is 2.90 bits per heavy atom. The van der Waals surface area contributed by atoms with E-state index in [0.29, 0.717) is 24.5 Å². The van der Waals surface area contributed by atoms with E-state index in [4.69, 9.17) is 0 Å². The molecule has 9 heteroatoms. The number of H-pyrrole nitrogens is 1. The minimum Gasteiger partial charge on any atom is -0.383 e. The summed E-state index contributed by atoms with van der Waals surface area (Å²) in [6, 6.07) is 4.55. The van der Waals surface area contributed by atoms with E-state index in [9.17, 15) is 14.9 Å². The zero-order chi connectivity index (χ0) is 15.2. The van der Waals surface area contributed by atoms with Gasteiger partial charge in [0.1, 0.15) is 23.4 Å². The maximum absolute atomic E-state index is 12.1. The molecule has 2 rings (SSSR count). The van der Waals surface area contributed by atoms with E-state index in [2.05, 4.69) is 25.8 Å². The average molecular weight is 290 g/mol. The molecule has 0 aliphatic rings. The number of anilines is 1. The number of hydrogen-bond donors (Lipinski definition) is 3. The molecule has 2 aromatic rings. The topological polar surface area (TPSA) is 126 Å². The Kier molecular flexibility index (Phi) is 4.44. The van der Waals surface area contributed by atoms with Crippen LogP contribution in [0, 0.1) is 10.1 Å². The lowest BCUT2D eigenvalue weighted by Crippen LogP contribution is -2.26. The van der Waals surface area contributed by atoms with E-state index >= 15 is 0 Å². The molecule has 0 saturated carbocycles. The fraction of sp³-hybridized carbons (Fsp3) is 0.250. The molecule has 1 amide bonds. The summed E-state index contributed by atoms with van der Waals surface area (Å²) >= 11 is 0. The van der Waals surface area contributed by atoms with Gasteiger partial charge in [0.2, 0.25) is 0 Å². The molecule has 1 aromatic carbocycles. The van der Waals surface area contributed by atoms with Crippen LogP contribution in [0.15, 0.2) is 24.5 Å². The van der Waals surface area contributed by atoms with Crippen LogP contribution in [0.2, 0.25) is 0 Å². The maximum Gasteiger partial charge on any atom is 0.305 e. The molecule has 0 fully saturated rings. The van der Waals surface area contributed by atoms with Crippen molar-refractivity contribution in [1.29, 1.82) is 0 Å². The minimum absolute atomic E-state index is 0.0180. The molecule has 0 atom stereocenters. The fourth-order valence-corrected chi connectivity index (χ4v) is 1.87. The molecule has 0 spiro atoms. The molecule has 1 aromatic heterocycles. The van der Waals surface area contributed by atoms with Gasteiger partial charge in [0.25, 0.3) is 5.91 Å². The molecule has 0 saturated heterocycles. The first-order valence-electron chi connectivity index (χ1n) is 6.21. The summed E-state index contributed by atoms with van der Waals surface area (Å²) in [7, 11) is 1.56. The third kappa shape index (κ3) is 3.32. The Bertz CT molecular complexity index is 640. The highest BCUT2D eigenvalue weighted by Crippen LogP contribution is 2.27. The molecule has 0 aliphatic carbocycles. The van der Waals surface area contributed by atoms with E-state index in [1.807, 2.05) is 0 Å². The first kappa shape index (κ1) is 14.4. The fourth-order valence-electron chi connectivity index (χ4n) is 1.87. The summed E-state index contributed by atoms with van der Waals surface area (Å²) in [6.45, 7) is 0.301. The second kappa shape index (κ2) is 6.46. The number of nitrogens with zero attached hydrogens (tertiary/aromatic N) is 3. The summed E-state index contributed by atoms with van der Waals surface area (Å²) in [5, 5.41) is 22.8. The van der Waals surface area contributed by atoms with Crippen molar-refractivity contribution in [2.24, 2.45) is 0 Å². The van der Waals surface area contributed by atoms with E-state index < -0.39 is 10.8 Å². The first-order chi connectivity index (χ1) is 10.1. The molecule has 0 unspecified atom stereocenters. The minimum atomic E-state index is -0.572. The standard InChI is InChI=1S/C12H14N6O3/c1-13-9-4-2-3-8(11(9)18(20)21)12(19)14-6-5-10-15-7-16-17-10/h2-4,7,13H,5-6H2,1H3,(H,14,19)(H,15,16,17). The number of nitro groups is 1. The SMILES string of the molecule is CNc1cccc(C(=O)NCCc2ncn[nH]2)c1[N+](=O)[O-]. The lowest BCUT2D eigenvalue weighted by molar-refractivity contribution is -0.384. The number of amides is 1. The molecule has 110 valence electrons. The van der Waals surface area contributed by atoms with Crippen molar-refractivity contribution in [2.45, 2.75) is 6.42 Å². The molecule has 21 heavy (non-hydrogen) atoms. The number of nitro benzene ring substituents is 1. The van der Waals surface area contributed by atoms with Gasteiger partial charge in [0, 0.05) is 20.0 Å². The van der Waals surface area contributed by atoms with Gasteiger partial charge in [-0.3, -0.25) is 20.0 Å². The van der Waals surface area contributed by atoms with Gasteiger partial charge >= 0.3 is 5.69 Å². The van der Waals surface area contributed by atoms with Gasteiger partial charge < -0.3 is 10.6 Å². The predicted octanol–water partition coefficient (Wildman–Crippen LogP) is 0.727. The number of aromatic nitrogens is 3. The maximum atomic E-state index is 12.1. The van der Waals surface area contributed by atoms with Crippen molar-refractivity contribution in [3.8, 4) is 0 Å². The monoisotopic (exact) mass is 290 g/mol. The van der Waals surface area contributed by atoms with Gasteiger partial charge in [-0.1, -0.05) is 6.07 Å². The smallest absolute Gasteiger partial charge is 0.305 e. The first-order valence-corrected chi connectivity index (χ1v) is 6.21. The third-order valence-electron chi connectivity index (χ3n) is 2.84. The zero-order valence-corrected chi connectivity index (χ0v) is 11.3. The average Bonchev–Trinajstić information content (AvgIpc) is 2.99. The van der Waals surface area contributed by atoms with Gasteiger partial charge in [0.05, 0.1) is 4.92 Å². The highest BCUT2D eigenvalue weighted by atomic mass is 16.6. The van der Waals surface area contributed by atoms with Crippen LogP contribution in [0.5, 0.6) is 0 Å². The number of carbonyl (C=O) groups is 1. The van der Waals surface area contributed by atoms with Crippen molar-refractivity contribution >= 4 is 17.3 Å². The second-order valence-corrected chi connectivity index (χ2v) is 4.15. The number of benzene rings is 1. The highest BCUT2D eigenvalue weighted by Gasteiger charge is 2.23. The van der Waals surface area contributed by atoms with E-state index in [-0.39, 0.29) is 11.3 Å². The normalized spacial score (nSPS) is 10.1. The molecule has 0 radical (unpaired) electrons. The largest absolute Gasteiger partial charge is 0.383 e. The Labute approximate surface area is 119 Å². The van der Waals surface area contributed by atoms with Gasteiger partial charge in [-0.2, -0.15) is 5.10 Å². The second-order valence-electron chi connectivity index (χ2n) is 4.15. The number of rotatable bonds is 6. The van der Waals surface area contributed by atoms with Gasteiger partial charge in [-0.15, -0.1) is 0 Å². The van der Waals surface area contributed by atoms with Crippen LogP contribution in [-0.4, -0.2) is 39.6 Å². The van der Waals surface area contributed by atoms with Crippen LogP contribution in [0.4, 0.5) is 11.4 Å². The van der Waals surface area contributed by atoms with Gasteiger partial charge in [-0.25, -0.2) is 4.98 Å². The molecular weight excluding hydrogens is 276 g/mol. The Morgan fingerprint density at radius 1 is 1.48 bits per heavy atom. The van der Waals surface area contributed by atoms with Crippen LogP contribution >= 0.6 is 0 Å². The van der Waals surface area contributed by atoms with Crippen LogP contribution in [0.3, 0.4) is 0 Å². The van der Waals surface area contributed by atoms with E-state index in [1.54, 1.807) is 19.2 Å². The van der Waals surface area contributed by atoms with Crippen LogP contribution in [0.25, 0.3) is 0 Å². The van der Waals surface area contributed by atoms with Crippen LogP contribution < -0.4 is 10.6 Å². The summed E-state index contributed by atoms with van der Waals surface area (Å²) < 4.78 is 0. The highest BCUT2D eigenvalue weighted by molar-refractivity contribution is 6.00. The van der Waals surface area contributed by atoms with Crippen LogP contribution in [-0.2, 0) is 6.42 Å². The number of hydrogen-bond acceptors (Lipinski definition) is 6. The summed E-state index contributed by atoms with van der Waals surface area (Å²) in [6.07, 6.45) is 1.84. The van der Waals surface area contributed by atoms with Crippen molar-refractivity contribution in [2.75, 3.05) is 18.9 Å². The van der Waals surface area contributed by atoms with E-state index in [0.717, 1.165) is 0 Å². The van der Waals surface area contributed by atoms with Gasteiger partial charge in [0.15, 0.2) is 0 Å². The Hall–Kier alpha value is -2.97. The summed E-state index contributed by atoms with van der Waals surface area (Å²) in [4.78, 5) is 26.6. The molecule has 1 heterocycles. The molecule has 0 aliphatic heterocycles. The number of para-hydroxylation sites is 1. The Balaban J connectivity index is 2.10. The molecule has 3 N–H and O–H groups in total. The number of aromatic amines is 1. The predicted molar refractivity (Wildman–Crippen MR) is 75.1 cm³/mol. The van der Waals surface area contributed by atoms with E-state index in [1.165, 1.54) is 12.4 Å². The molecule has 0 bridgehead atoms. The van der Waals surface area contributed by atoms with Gasteiger partial charge in [-0.05, 0) is 12.1 Å². The summed E-state index contributed by atoms with van der Waals surface area (Å²) in [5.74, 6) is 0.132. The quantitative estimate of drug-likeness (QED) is 0.531. The molecule has 9 nitrogen and oxygen atoms in total. The summed E-state index contributed by atoms with van der Waals surface area (Å²) in [5.41, 5.74) is 0.0736. The molecular formula is C12H14N6O3.